The highest BCUT2D eigenvalue weighted by Gasteiger charge is 2.50. The molecule has 0 unspecified atom stereocenters. The molecule has 0 saturated heterocycles. The lowest BCUT2D eigenvalue weighted by atomic mass is 10.0. The van der Waals surface area contributed by atoms with Gasteiger partial charge >= 0.3 is 6.18 Å². The largest absolute Gasteiger partial charge is 0.454 e. The number of aliphatic hydroxyl groups is 1. The van der Waals surface area contributed by atoms with E-state index in [4.69, 9.17) is 9.47 Å². The number of hydrogen-bond acceptors (Lipinski definition) is 4. The number of hydrogen-bond donors (Lipinski definition) is 2. The zero-order chi connectivity index (χ0) is 15.7. The van der Waals surface area contributed by atoms with Gasteiger partial charge in [0.15, 0.2) is 17.1 Å². The minimum Gasteiger partial charge on any atom is -0.454 e. The number of nitrogens with one attached hydrogen (secondary N) is 1. The fourth-order valence-corrected chi connectivity index (χ4v) is 1.73. The van der Waals surface area contributed by atoms with Gasteiger partial charge in [-0.1, -0.05) is 6.07 Å². The van der Waals surface area contributed by atoms with Crippen molar-refractivity contribution in [3.8, 4) is 11.5 Å². The van der Waals surface area contributed by atoms with Gasteiger partial charge in [0.05, 0.1) is 6.42 Å². The smallest absolute Gasteiger partial charge is 0.417 e. The molecule has 0 saturated carbocycles. The van der Waals surface area contributed by atoms with Crippen LogP contribution in [0.4, 0.5) is 13.2 Å². The van der Waals surface area contributed by atoms with E-state index in [2.05, 4.69) is 5.32 Å². The molecule has 21 heavy (non-hydrogen) atoms. The molecule has 2 rings (SSSR count). The summed E-state index contributed by atoms with van der Waals surface area (Å²) in [6.07, 6.45) is -5.91. The molecule has 0 radical (unpaired) electrons. The van der Waals surface area contributed by atoms with Crippen LogP contribution in [-0.4, -0.2) is 29.6 Å². The average molecular weight is 305 g/mol. The van der Waals surface area contributed by atoms with Gasteiger partial charge in [0, 0.05) is 6.54 Å². The van der Waals surface area contributed by atoms with Crippen molar-refractivity contribution in [2.45, 2.75) is 31.7 Å². The van der Waals surface area contributed by atoms with E-state index >= 15 is 0 Å². The number of amides is 1. The zero-order valence-corrected chi connectivity index (χ0v) is 11.2. The lowest BCUT2D eigenvalue weighted by Gasteiger charge is -2.25. The summed E-state index contributed by atoms with van der Waals surface area (Å²) in [4.78, 5) is 11.5. The Morgan fingerprint density at radius 1 is 1.33 bits per heavy atom. The molecule has 1 heterocycles. The monoisotopic (exact) mass is 305 g/mol. The van der Waals surface area contributed by atoms with E-state index in [1.807, 2.05) is 0 Å². The van der Waals surface area contributed by atoms with Gasteiger partial charge in [-0.05, 0) is 24.6 Å². The number of benzene rings is 1. The van der Waals surface area contributed by atoms with Gasteiger partial charge in [-0.25, -0.2) is 0 Å². The first kappa shape index (κ1) is 15.4. The standard InChI is InChI=1S/C13H14F3NO4/c1-12(19,13(14,15)16)5-11(18)17-6-8-2-3-9-10(4-8)21-7-20-9/h2-4,19H,5-7H2,1H3,(H,17,18)/t12-/m1/s1. The molecule has 0 spiro atoms. The predicted octanol–water partition coefficient (Wildman–Crippen LogP) is 1.73. The fourth-order valence-electron chi connectivity index (χ4n) is 1.73. The van der Waals surface area contributed by atoms with Crippen molar-refractivity contribution in [1.29, 1.82) is 0 Å². The summed E-state index contributed by atoms with van der Waals surface area (Å²) in [7, 11) is 0. The van der Waals surface area contributed by atoms with E-state index in [-0.39, 0.29) is 13.3 Å². The van der Waals surface area contributed by atoms with Crippen molar-refractivity contribution >= 4 is 5.91 Å². The van der Waals surface area contributed by atoms with Crippen LogP contribution in [0.2, 0.25) is 0 Å². The Balaban J connectivity index is 1.90. The molecule has 5 nitrogen and oxygen atoms in total. The molecule has 2 N–H and O–H groups in total. The Labute approximate surface area is 118 Å². The van der Waals surface area contributed by atoms with Crippen molar-refractivity contribution in [1.82, 2.24) is 5.32 Å². The zero-order valence-electron chi connectivity index (χ0n) is 11.2. The summed E-state index contributed by atoms with van der Waals surface area (Å²) < 4.78 is 47.6. The van der Waals surface area contributed by atoms with Crippen molar-refractivity contribution in [2.75, 3.05) is 6.79 Å². The van der Waals surface area contributed by atoms with Crippen molar-refractivity contribution in [3.05, 3.63) is 23.8 Å². The fraction of sp³-hybridized carbons (Fsp3) is 0.462. The Morgan fingerprint density at radius 3 is 2.67 bits per heavy atom. The number of carbonyl (C=O) groups excluding carboxylic acids is 1. The van der Waals surface area contributed by atoms with Crippen LogP contribution in [0.3, 0.4) is 0 Å². The van der Waals surface area contributed by atoms with Crippen molar-refractivity contribution in [2.24, 2.45) is 0 Å². The highest BCUT2D eigenvalue weighted by atomic mass is 19.4. The molecule has 1 aromatic carbocycles. The maximum Gasteiger partial charge on any atom is 0.417 e. The third-order valence-electron chi connectivity index (χ3n) is 3.04. The Hall–Kier alpha value is -1.96. The van der Waals surface area contributed by atoms with Gasteiger partial charge in [0.1, 0.15) is 0 Å². The minimum atomic E-state index is -4.86. The molecule has 1 aliphatic heterocycles. The maximum atomic E-state index is 12.4. The Bertz CT molecular complexity index is 543. The second kappa shape index (κ2) is 5.44. The SMILES string of the molecule is C[C@@](O)(CC(=O)NCc1ccc2c(c1)OCO2)C(F)(F)F. The van der Waals surface area contributed by atoms with Gasteiger partial charge in [0.2, 0.25) is 12.7 Å². The normalized spacial score (nSPS) is 16.4. The summed E-state index contributed by atoms with van der Waals surface area (Å²) >= 11 is 0. The number of carbonyl (C=O) groups is 1. The summed E-state index contributed by atoms with van der Waals surface area (Å²) in [5.41, 5.74) is -2.40. The highest BCUT2D eigenvalue weighted by Crippen LogP contribution is 2.33. The van der Waals surface area contributed by atoms with Crippen LogP contribution in [0.15, 0.2) is 18.2 Å². The molecule has 116 valence electrons. The van der Waals surface area contributed by atoms with E-state index in [0.717, 1.165) is 0 Å². The number of rotatable bonds is 4. The average Bonchev–Trinajstić information content (AvgIpc) is 2.81. The molecule has 0 bridgehead atoms. The summed E-state index contributed by atoms with van der Waals surface area (Å²) in [5.74, 6) is 0.198. The number of alkyl halides is 3. The van der Waals surface area contributed by atoms with Crippen LogP contribution in [-0.2, 0) is 11.3 Å². The van der Waals surface area contributed by atoms with E-state index in [9.17, 15) is 23.1 Å². The first-order valence-corrected chi connectivity index (χ1v) is 6.13. The second-order valence-corrected chi connectivity index (χ2v) is 4.91. The molecule has 1 atom stereocenters. The first-order valence-electron chi connectivity index (χ1n) is 6.13. The molecular weight excluding hydrogens is 291 g/mol. The van der Waals surface area contributed by atoms with Crippen molar-refractivity contribution < 1.29 is 32.5 Å². The van der Waals surface area contributed by atoms with Gasteiger partial charge in [-0.2, -0.15) is 13.2 Å². The Morgan fingerprint density at radius 2 is 2.00 bits per heavy atom. The van der Waals surface area contributed by atoms with Crippen LogP contribution in [0, 0.1) is 0 Å². The van der Waals surface area contributed by atoms with E-state index < -0.39 is 24.1 Å². The molecule has 1 aromatic rings. The van der Waals surface area contributed by atoms with Crippen LogP contribution in [0.25, 0.3) is 0 Å². The number of ether oxygens (including phenoxy) is 2. The van der Waals surface area contributed by atoms with E-state index in [1.165, 1.54) is 0 Å². The molecule has 0 aliphatic carbocycles. The molecule has 0 aromatic heterocycles. The van der Waals surface area contributed by atoms with Gasteiger partial charge in [-0.15, -0.1) is 0 Å². The first-order chi connectivity index (χ1) is 9.69. The van der Waals surface area contributed by atoms with Crippen LogP contribution in [0.5, 0.6) is 11.5 Å². The molecule has 8 heteroatoms. The molecular formula is C13H14F3NO4. The van der Waals surface area contributed by atoms with Gasteiger partial charge in [-0.3, -0.25) is 4.79 Å². The summed E-state index contributed by atoms with van der Waals surface area (Å²) in [6, 6.07) is 4.94. The van der Waals surface area contributed by atoms with Crippen LogP contribution >= 0.6 is 0 Å². The number of fused-ring (bicyclic) bond motifs is 1. The maximum absolute atomic E-state index is 12.4. The van der Waals surface area contributed by atoms with Crippen LogP contribution < -0.4 is 14.8 Å². The second-order valence-electron chi connectivity index (χ2n) is 4.91. The lowest BCUT2D eigenvalue weighted by molar-refractivity contribution is -0.253. The van der Waals surface area contributed by atoms with E-state index in [1.54, 1.807) is 18.2 Å². The molecule has 1 amide bonds. The molecule has 1 aliphatic rings. The third kappa shape index (κ3) is 3.57. The highest BCUT2D eigenvalue weighted by molar-refractivity contribution is 5.77. The van der Waals surface area contributed by atoms with Gasteiger partial charge < -0.3 is 19.9 Å². The quantitative estimate of drug-likeness (QED) is 0.889. The van der Waals surface area contributed by atoms with Crippen LogP contribution in [0.1, 0.15) is 18.9 Å². The number of halogens is 3. The lowest BCUT2D eigenvalue weighted by Crippen LogP contribution is -2.46. The minimum absolute atomic E-state index is 0.0312. The van der Waals surface area contributed by atoms with E-state index in [0.29, 0.717) is 24.0 Å². The van der Waals surface area contributed by atoms with Crippen molar-refractivity contribution in [3.63, 3.8) is 0 Å². The van der Waals surface area contributed by atoms with Gasteiger partial charge in [0.25, 0.3) is 0 Å². The predicted molar refractivity (Wildman–Crippen MR) is 65.7 cm³/mol. The molecule has 0 fully saturated rings. The third-order valence-corrected chi connectivity index (χ3v) is 3.04. The summed E-state index contributed by atoms with van der Waals surface area (Å²) in [5, 5.41) is 11.5. The topological polar surface area (TPSA) is 67.8 Å². The Kier molecular flexibility index (Phi) is 3.99. The summed E-state index contributed by atoms with van der Waals surface area (Å²) in [6.45, 7) is 0.705.